The van der Waals surface area contributed by atoms with Crippen LogP contribution in [-0.2, 0) is 14.3 Å². The summed E-state index contributed by atoms with van der Waals surface area (Å²) in [7, 11) is 0. The summed E-state index contributed by atoms with van der Waals surface area (Å²) in [5, 5.41) is -0.267. The summed E-state index contributed by atoms with van der Waals surface area (Å²) in [6.45, 7) is 8.55. The minimum absolute atomic E-state index is 0.133. The number of ether oxygens (including phenoxy) is 2. The van der Waals surface area contributed by atoms with Crippen molar-refractivity contribution < 1.29 is 14.3 Å². The van der Waals surface area contributed by atoms with E-state index < -0.39 is 0 Å². The number of hydrogen-bond acceptors (Lipinski definition) is 7. The van der Waals surface area contributed by atoms with Crippen molar-refractivity contribution >= 4 is 62.5 Å². The Morgan fingerprint density at radius 2 is 1.67 bits per heavy atom. The summed E-state index contributed by atoms with van der Waals surface area (Å²) in [6.07, 6.45) is 3.64. The smallest absolute Gasteiger partial charge is 0.220 e. The molecule has 0 N–H and O–H groups in total. The van der Waals surface area contributed by atoms with Gasteiger partial charge in [0.1, 0.15) is 0 Å². The molecule has 0 aliphatic heterocycles. The Labute approximate surface area is 145 Å². The Morgan fingerprint density at radius 3 is 2.05 bits per heavy atom. The molecule has 21 heavy (non-hydrogen) atoms. The van der Waals surface area contributed by atoms with Gasteiger partial charge in [0.05, 0.1) is 23.7 Å². The van der Waals surface area contributed by atoms with E-state index in [1.165, 1.54) is 23.5 Å². The zero-order valence-electron chi connectivity index (χ0n) is 12.2. The monoisotopic (exact) mass is 364 g/mol. The summed E-state index contributed by atoms with van der Waals surface area (Å²) in [5.74, 6) is 0.394. The highest BCUT2D eigenvalue weighted by molar-refractivity contribution is 8.25. The van der Waals surface area contributed by atoms with Gasteiger partial charge in [-0.05, 0) is 57.0 Å². The summed E-state index contributed by atoms with van der Waals surface area (Å²) in [6, 6.07) is 0. The Bertz CT molecular complexity index is 381. The second-order valence-electron chi connectivity index (χ2n) is 4.38. The van der Waals surface area contributed by atoms with Crippen molar-refractivity contribution in [3.63, 3.8) is 0 Å². The van der Waals surface area contributed by atoms with Crippen LogP contribution in [0.3, 0.4) is 0 Å². The van der Waals surface area contributed by atoms with Crippen LogP contribution in [0.2, 0.25) is 0 Å². The number of thiocarbonyl (C=S) groups is 2. The van der Waals surface area contributed by atoms with Crippen molar-refractivity contribution in [1.82, 2.24) is 0 Å². The molecule has 1 fully saturated rings. The number of allylic oxidation sites excluding steroid dienone is 1. The van der Waals surface area contributed by atoms with E-state index in [9.17, 15) is 4.79 Å². The van der Waals surface area contributed by atoms with E-state index in [4.69, 9.17) is 33.9 Å². The van der Waals surface area contributed by atoms with Gasteiger partial charge in [0.15, 0.2) is 5.78 Å². The zero-order valence-corrected chi connectivity index (χ0v) is 15.5. The third-order valence-electron chi connectivity index (χ3n) is 3.01. The SMILES string of the molecule is C=CCCC1[C@H](SC(=S)OCC)C(=O)[C@@H]1SC(=S)OCC. The molecule has 0 aromatic carbocycles. The van der Waals surface area contributed by atoms with E-state index in [1.54, 1.807) is 0 Å². The molecule has 1 rings (SSSR count). The van der Waals surface area contributed by atoms with Crippen molar-refractivity contribution in [2.75, 3.05) is 13.2 Å². The van der Waals surface area contributed by atoms with E-state index in [0.717, 1.165) is 12.8 Å². The number of Topliss-reactive ketones (excluding diaryl/α,β-unsaturated/α-hetero) is 1. The van der Waals surface area contributed by atoms with Crippen LogP contribution in [0.5, 0.6) is 0 Å². The summed E-state index contributed by atoms with van der Waals surface area (Å²) in [5.41, 5.74) is 0. The van der Waals surface area contributed by atoms with Gasteiger partial charge in [-0.3, -0.25) is 4.79 Å². The normalized spacial score (nSPS) is 24.1. The molecule has 0 aromatic rings. The van der Waals surface area contributed by atoms with Gasteiger partial charge >= 0.3 is 0 Å². The van der Waals surface area contributed by atoms with Gasteiger partial charge in [-0.25, -0.2) is 0 Å². The average molecular weight is 365 g/mol. The molecule has 0 aromatic heterocycles. The second-order valence-corrected chi connectivity index (χ2v) is 7.86. The van der Waals surface area contributed by atoms with Crippen molar-refractivity contribution in [2.24, 2.45) is 5.92 Å². The van der Waals surface area contributed by atoms with Crippen LogP contribution >= 0.6 is 48.0 Å². The molecule has 3 nitrogen and oxygen atoms in total. The number of rotatable bonds is 7. The van der Waals surface area contributed by atoms with E-state index in [1.807, 2.05) is 19.9 Å². The molecule has 1 aliphatic carbocycles. The lowest BCUT2D eigenvalue weighted by Crippen LogP contribution is -2.53. The van der Waals surface area contributed by atoms with Crippen LogP contribution in [-0.4, -0.2) is 38.3 Å². The largest absolute Gasteiger partial charge is 0.479 e. The van der Waals surface area contributed by atoms with Crippen LogP contribution < -0.4 is 0 Å². The van der Waals surface area contributed by atoms with E-state index in [-0.39, 0.29) is 22.2 Å². The molecule has 1 aliphatic rings. The van der Waals surface area contributed by atoms with E-state index in [0.29, 0.717) is 22.0 Å². The predicted molar refractivity (Wildman–Crippen MR) is 99.1 cm³/mol. The van der Waals surface area contributed by atoms with Crippen molar-refractivity contribution in [2.45, 2.75) is 37.2 Å². The highest BCUT2D eigenvalue weighted by atomic mass is 32.2. The number of carbonyl (C=O) groups is 1. The van der Waals surface area contributed by atoms with Gasteiger partial charge in [-0.1, -0.05) is 29.6 Å². The van der Waals surface area contributed by atoms with Crippen LogP contribution in [0.4, 0.5) is 0 Å². The molecular weight excluding hydrogens is 344 g/mol. The maximum Gasteiger partial charge on any atom is 0.220 e. The highest BCUT2D eigenvalue weighted by Crippen LogP contribution is 2.45. The molecule has 0 spiro atoms. The minimum atomic E-state index is -0.133. The van der Waals surface area contributed by atoms with Crippen molar-refractivity contribution in [3.8, 4) is 0 Å². The highest BCUT2D eigenvalue weighted by Gasteiger charge is 2.51. The summed E-state index contributed by atoms with van der Waals surface area (Å²) < 4.78 is 11.4. The Kier molecular flexibility index (Phi) is 8.85. The van der Waals surface area contributed by atoms with Crippen LogP contribution in [0, 0.1) is 5.92 Å². The fourth-order valence-corrected chi connectivity index (χ4v) is 5.33. The van der Waals surface area contributed by atoms with E-state index in [2.05, 4.69) is 6.58 Å². The van der Waals surface area contributed by atoms with Crippen molar-refractivity contribution in [3.05, 3.63) is 12.7 Å². The van der Waals surface area contributed by atoms with Crippen LogP contribution in [0.15, 0.2) is 12.7 Å². The number of ketones is 1. The van der Waals surface area contributed by atoms with Gasteiger partial charge in [0, 0.05) is 0 Å². The quantitative estimate of drug-likeness (QED) is 0.499. The molecule has 1 saturated carbocycles. The third-order valence-corrected chi connectivity index (χ3v) is 6.12. The van der Waals surface area contributed by atoms with E-state index >= 15 is 0 Å². The molecule has 3 atom stereocenters. The first-order chi connectivity index (χ1) is 10.0. The Balaban J connectivity index is 2.63. The van der Waals surface area contributed by atoms with Crippen LogP contribution in [0.25, 0.3) is 0 Å². The Hall–Kier alpha value is -0.110. The lowest BCUT2D eigenvalue weighted by Gasteiger charge is -2.41. The van der Waals surface area contributed by atoms with Gasteiger partial charge in [0.2, 0.25) is 8.77 Å². The van der Waals surface area contributed by atoms with Crippen LogP contribution in [0.1, 0.15) is 26.7 Å². The fourth-order valence-electron chi connectivity index (χ4n) is 2.04. The maximum atomic E-state index is 12.3. The first-order valence-corrected chi connectivity index (χ1v) is 9.44. The second kappa shape index (κ2) is 9.82. The van der Waals surface area contributed by atoms with Gasteiger partial charge in [-0.2, -0.15) is 0 Å². The molecule has 7 heteroatoms. The molecule has 0 bridgehead atoms. The minimum Gasteiger partial charge on any atom is -0.479 e. The predicted octanol–water partition coefficient (Wildman–Crippen LogP) is 4.00. The zero-order chi connectivity index (χ0) is 15.8. The van der Waals surface area contributed by atoms with Crippen molar-refractivity contribution in [1.29, 1.82) is 0 Å². The van der Waals surface area contributed by atoms with Gasteiger partial charge in [-0.15, -0.1) is 6.58 Å². The number of hydrogen-bond donors (Lipinski definition) is 0. The van der Waals surface area contributed by atoms with Gasteiger partial charge in [0.25, 0.3) is 0 Å². The van der Waals surface area contributed by atoms with Gasteiger partial charge < -0.3 is 9.47 Å². The first-order valence-electron chi connectivity index (χ1n) is 6.86. The lowest BCUT2D eigenvalue weighted by atomic mass is 9.79. The first kappa shape index (κ1) is 18.9. The molecular formula is C14H20O3S4. The topological polar surface area (TPSA) is 35.5 Å². The Morgan fingerprint density at radius 1 is 1.19 bits per heavy atom. The molecule has 0 saturated heterocycles. The number of carbonyl (C=O) groups excluding carboxylic acids is 1. The standard InChI is InChI=1S/C14H20O3S4/c1-4-7-8-9-11(20-13(18)16-5-2)10(15)12(9)21-14(19)17-6-3/h4,9,11-12H,1,5-8H2,2-3H3/t9?,11-,12+. The molecule has 0 heterocycles. The molecule has 1 unspecified atom stereocenters. The molecule has 0 radical (unpaired) electrons. The molecule has 0 amide bonds. The molecule has 118 valence electrons. The number of thioether (sulfide) groups is 2. The summed E-state index contributed by atoms with van der Waals surface area (Å²) in [4.78, 5) is 12.3. The lowest BCUT2D eigenvalue weighted by molar-refractivity contribution is -0.125. The average Bonchev–Trinajstić information content (AvgIpc) is 2.45. The third kappa shape index (κ3) is 5.54. The summed E-state index contributed by atoms with van der Waals surface area (Å²) >= 11 is 13.0. The fraction of sp³-hybridized carbons (Fsp3) is 0.643. The maximum absolute atomic E-state index is 12.3.